The van der Waals surface area contributed by atoms with Crippen LogP contribution in [0.4, 0.5) is 0 Å². The van der Waals surface area contributed by atoms with E-state index in [1.807, 2.05) is 11.6 Å². The Morgan fingerprint density at radius 1 is 1.35 bits per heavy atom. The second-order valence-electron chi connectivity index (χ2n) is 5.19. The molecule has 1 unspecified atom stereocenters. The number of rotatable bonds is 10. The predicted octanol–water partition coefficient (Wildman–Crippen LogP) is 3.51. The Hall–Kier alpha value is -1.10. The molecule has 0 spiro atoms. The number of guanidine groups is 1. The molecule has 5 heteroatoms. The largest absolute Gasteiger partial charge is 0.370 e. The molecule has 0 saturated heterocycles. The molecule has 3 N–H and O–H groups in total. The molecule has 0 aromatic carbocycles. The summed E-state index contributed by atoms with van der Waals surface area (Å²) in [5.41, 5.74) is 5.86. The van der Waals surface area contributed by atoms with Crippen LogP contribution in [0.2, 0.25) is 0 Å². The normalized spacial score (nSPS) is 13.4. The molecule has 0 radical (unpaired) electrons. The van der Waals surface area contributed by atoms with E-state index in [0.717, 1.165) is 11.6 Å². The number of thiazole rings is 1. The Morgan fingerprint density at radius 2 is 2.10 bits per heavy atom. The lowest BCUT2D eigenvalue weighted by atomic mass is 10.1. The number of aromatic nitrogens is 1. The molecule has 0 saturated carbocycles. The summed E-state index contributed by atoms with van der Waals surface area (Å²) in [6, 6.07) is 0. The van der Waals surface area contributed by atoms with Crippen LogP contribution < -0.4 is 11.1 Å². The molecule has 0 aliphatic heterocycles. The van der Waals surface area contributed by atoms with Gasteiger partial charge in [0.1, 0.15) is 0 Å². The number of nitrogens with two attached hydrogens (primary N) is 1. The third-order valence-corrected chi connectivity index (χ3v) is 4.25. The Labute approximate surface area is 126 Å². The predicted molar refractivity (Wildman–Crippen MR) is 88.4 cm³/mol. The van der Waals surface area contributed by atoms with Gasteiger partial charge in [0.2, 0.25) is 0 Å². The molecule has 114 valence electrons. The Kier molecular flexibility index (Phi) is 9.04. The minimum atomic E-state index is 0.337. The number of hydrogen-bond acceptors (Lipinski definition) is 3. The maximum absolute atomic E-state index is 5.86. The second kappa shape index (κ2) is 10.7. The van der Waals surface area contributed by atoms with Crippen LogP contribution in [0.25, 0.3) is 0 Å². The van der Waals surface area contributed by atoms with Crippen molar-refractivity contribution in [3.05, 3.63) is 16.6 Å². The summed E-state index contributed by atoms with van der Waals surface area (Å²) in [5.74, 6) is 0.895. The van der Waals surface area contributed by atoms with Gasteiger partial charge < -0.3 is 11.1 Å². The van der Waals surface area contributed by atoms with Gasteiger partial charge in [0.25, 0.3) is 0 Å². The molecular formula is C15H28N4S. The fourth-order valence-corrected chi connectivity index (χ4v) is 2.66. The van der Waals surface area contributed by atoms with E-state index < -0.39 is 0 Å². The third-order valence-electron chi connectivity index (χ3n) is 3.24. The van der Waals surface area contributed by atoms with Gasteiger partial charge in [-0.15, -0.1) is 11.3 Å². The number of aliphatic imine (C=N–C) groups is 1. The number of hydrogen-bond donors (Lipinski definition) is 2. The fraction of sp³-hybridized carbons (Fsp3) is 0.733. The molecule has 1 heterocycles. The maximum atomic E-state index is 5.86. The van der Waals surface area contributed by atoms with Crippen LogP contribution in [0.15, 0.2) is 16.6 Å². The van der Waals surface area contributed by atoms with E-state index in [1.165, 1.54) is 38.5 Å². The smallest absolute Gasteiger partial charge is 0.188 e. The first-order chi connectivity index (χ1) is 9.74. The average molecular weight is 296 g/mol. The van der Waals surface area contributed by atoms with Crippen molar-refractivity contribution in [2.75, 3.05) is 13.1 Å². The highest BCUT2D eigenvalue weighted by Crippen LogP contribution is 2.17. The topological polar surface area (TPSA) is 63.3 Å². The monoisotopic (exact) mass is 296 g/mol. The number of nitrogens with zero attached hydrogens (tertiary/aromatic N) is 2. The minimum Gasteiger partial charge on any atom is -0.370 e. The van der Waals surface area contributed by atoms with Crippen LogP contribution in [-0.2, 0) is 0 Å². The van der Waals surface area contributed by atoms with Crippen LogP contribution >= 0.6 is 11.3 Å². The van der Waals surface area contributed by atoms with Crippen LogP contribution in [0.5, 0.6) is 0 Å². The van der Waals surface area contributed by atoms with Crippen LogP contribution in [-0.4, -0.2) is 24.0 Å². The highest BCUT2D eigenvalue weighted by atomic mass is 32.1. The summed E-state index contributed by atoms with van der Waals surface area (Å²) in [5, 5.41) is 6.30. The zero-order valence-corrected chi connectivity index (χ0v) is 13.6. The van der Waals surface area contributed by atoms with Gasteiger partial charge in [0.15, 0.2) is 5.96 Å². The van der Waals surface area contributed by atoms with Crippen molar-refractivity contribution >= 4 is 17.3 Å². The molecule has 1 rings (SSSR count). The first-order valence-corrected chi connectivity index (χ1v) is 8.55. The van der Waals surface area contributed by atoms with Crippen LogP contribution in [0.3, 0.4) is 0 Å². The van der Waals surface area contributed by atoms with E-state index in [0.29, 0.717) is 18.4 Å². The highest BCUT2D eigenvalue weighted by molar-refractivity contribution is 7.09. The van der Waals surface area contributed by atoms with E-state index in [-0.39, 0.29) is 0 Å². The van der Waals surface area contributed by atoms with E-state index in [2.05, 4.69) is 29.1 Å². The van der Waals surface area contributed by atoms with Gasteiger partial charge in [0.05, 0.1) is 11.6 Å². The standard InChI is InChI=1S/C15H28N4S/c1-3-4-5-6-7-8-9-18-15(16)19-12-13(2)14-17-10-11-20-14/h10-11,13H,3-9,12H2,1-2H3,(H3,16,18,19). The maximum Gasteiger partial charge on any atom is 0.188 e. The average Bonchev–Trinajstić information content (AvgIpc) is 2.98. The van der Waals surface area contributed by atoms with Crippen molar-refractivity contribution in [2.45, 2.75) is 58.3 Å². The van der Waals surface area contributed by atoms with Gasteiger partial charge in [0, 0.05) is 24.0 Å². The minimum absolute atomic E-state index is 0.337. The molecule has 0 aliphatic rings. The number of nitrogens with one attached hydrogen (secondary N) is 1. The molecule has 0 fully saturated rings. The third kappa shape index (κ3) is 7.48. The summed E-state index contributed by atoms with van der Waals surface area (Å²) in [6.07, 6.45) is 9.61. The van der Waals surface area contributed by atoms with Crippen molar-refractivity contribution in [2.24, 2.45) is 10.7 Å². The summed E-state index contributed by atoms with van der Waals surface area (Å²) in [6.45, 7) is 5.99. The Bertz CT molecular complexity index is 362. The molecule has 4 nitrogen and oxygen atoms in total. The van der Waals surface area contributed by atoms with E-state index in [1.54, 1.807) is 11.3 Å². The Morgan fingerprint density at radius 3 is 2.80 bits per heavy atom. The summed E-state index contributed by atoms with van der Waals surface area (Å²) in [7, 11) is 0. The van der Waals surface area contributed by atoms with Gasteiger partial charge in [-0.2, -0.15) is 0 Å². The molecule has 0 aliphatic carbocycles. The van der Waals surface area contributed by atoms with Gasteiger partial charge in [-0.25, -0.2) is 4.98 Å². The van der Waals surface area contributed by atoms with Crippen molar-refractivity contribution in [1.82, 2.24) is 10.3 Å². The quantitative estimate of drug-likeness (QED) is 0.394. The van der Waals surface area contributed by atoms with Gasteiger partial charge in [-0.3, -0.25) is 4.99 Å². The van der Waals surface area contributed by atoms with Crippen LogP contribution in [0, 0.1) is 0 Å². The SMILES string of the molecule is CCCCCCCCNC(N)=NCC(C)c1nccs1. The van der Waals surface area contributed by atoms with Gasteiger partial charge in [-0.1, -0.05) is 46.0 Å². The first-order valence-electron chi connectivity index (χ1n) is 7.67. The second-order valence-corrected chi connectivity index (χ2v) is 6.12. The van der Waals surface area contributed by atoms with E-state index >= 15 is 0 Å². The zero-order chi connectivity index (χ0) is 14.6. The molecule has 1 aromatic rings. The molecule has 20 heavy (non-hydrogen) atoms. The number of unbranched alkanes of at least 4 members (excludes halogenated alkanes) is 5. The first kappa shape index (κ1) is 17.0. The van der Waals surface area contributed by atoms with Crippen molar-refractivity contribution in [3.63, 3.8) is 0 Å². The molecular weight excluding hydrogens is 268 g/mol. The van der Waals surface area contributed by atoms with Crippen molar-refractivity contribution < 1.29 is 0 Å². The van der Waals surface area contributed by atoms with Crippen molar-refractivity contribution in [3.8, 4) is 0 Å². The molecule has 0 amide bonds. The summed E-state index contributed by atoms with van der Waals surface area (Å²) < 4.78 is 0. The lowest BCUT2D eigenvalue weighted by molar-refractivity contribution is 0.601. The van der Waals surface area contributed by atoms with Crippen molar-refractivity contribution in [1.29, 1.82) is 0 Å². The molecule has 1 atom stereocenters. The van der Waals surface area contributed by atoms with Crippen LogP contribution in [0.1, 0.15) is 63.3 Å². The fourth-order valence-electron chi connectivity index (χ4n) is 1.97. The highest BCUT2D eigenvalue weighted by Gasteiger charge is 2.06. The van der Waals surface area contributed by atoms with Gasteiger partial charge in [-0.05, 0) is 6.42 Å². The van der Waals surface area contributed by atoms with E-state index in [4.69, 9.17) is 5.73 Å². The summed E-state index contributed by atoms with van der Waals surface area (Å²) >= 11 is 1.67. The lowest BCUT2D eigenvalue weighted by Gasteiger charge is -2.08. The van der Waals surface area contributed by atoms with E-state index in [9.17, 15) is 0 Å². The molecule has 0 bridgehead atoms. The molecule has 1 aromatic heterocycles. The zero-order valence-electron chi connectivity index (χ0n) is 12.8. The lowest BCUT2D eigenvalue weighted by Crippen LogP contribution is -2.32. The van der Waals surface area contributed by atoms with Gasteiger partial charge >= 0.3 is 0 Å². The summed E-state index contributed by atoms with van der Waals surface area (Å²) in [4.78, 5) is 8.67. The Balaban J connectivity index is 2.07.